The van der Waals surface area contributed by atoms with E-state index in [4.69, 9.17) is 4.74 Å². The lowest BCUT2D eigenvalue weighted by Crippen LogP contribution is -2.46. The smallest absolute Gasteiger partial charge is 0.246 e. The highest BCUT2D eigenvalue weighted by Gasteiger charge is 2.26. The predicted octanol–water partition coefficient (Wildman–Crippen LogP) is 4.56. The Balaban J connectivity index is 1.75. The van der Waals surface area contributed by atoms with Crippen LogP contribution in [0, 0.1) is 20.8 Å². The second-order valence-electron chi connectivity index (χ2n) is 8.12. The number of aryl methyl sites for hydroxylation is 3. The van der Waals surface area contributed by atoms with Gasteiger partial charge in [0.05, 0.1) is 12.9 Å². The van der Waals surface area contributed by atoms with Crippen molar-refractivity contribution < 1.29 is 14.3 Å². The Kier molecular flexibility index (Phi) is 8.65. The van der Waals surface area contributed by atoms with Crippen LogP contribution in [0.25, 0.3) is 0 Å². The normalized spacial score (nSPS) is 11.6. The lowest BCUT2D eigenvalue weighted by Gasteiger charge is -2.28. The average molecular weight is 479 g/mol. The molecule has 178 valence electrons. The Labute approximate surface area is 205 Å². The van der Waals surface area contributed by atoms with E-state index in [-0.39, 0.29) is 17.6 Å². The Morgan fingerprint density at radius 1 is 1.00 bits per heavy atom. The number of ether oxygens (including phenoxy) is 1. The number of anilines is 1. The minimum Gasteiger partial charge on any atom is -0.497 e. The third kappa shape index (κ3) is 7.05. The molecule has 2 aromatic carbocycles. The number of carbonyl (C=O) groups is 2. The minimum absolute atomic E-state index is 0.134. The van der Waals surface area contributed by atoms with Crippen molar-refractivity contribution in [3.8, 4) is 5.75 Å². The molecule has 0 bridgehead atoms. The minimum atomic E-state index is -0.684. The van der Waals surface area contributed by atoms with Crippen molar-refractivity contribution in [3.05, 3.63) is 77.1 Å². The summed E-state index contributed by atoms with van der Waals surface area (Å²) in [6.45, 7) is 7.87. The van der Waals surface area contributed by atoms with Gasteiger partial charge >= 0.3 is 0 Å². The lowest BCUT2D eigenvalue weighted by molar-refractivity contribution is -0.136. The van der Waals surface area contributed by atoms with Crippen molar-refractivity contribution >= 4 is 29.3 Å². The van der Waals surface area contributed by atoms with E-state index in [2.05, 4.69) is 15.3 Å². The molecule has 0 aliphatic carbocycles. The molecule has 0 fully saturated rings. The zero-order chi connectivity index (χ0) is 24.7. The SMILES string of the molecule is COc1ccc(NC(=O)C(C)N(Cc2ccc(C)cc2)C(=O)CSc2nc(C)cc(C)n2)cc1. The molecule has 1 atom stereocenters. The summed E-state index contributed by atoms with van der Waals surface area (Å²) in [7, 11) is 1.59. The topological polar surface area (TPSA) is 84.4 Å². The highest BCUT2D eigenvalue weighted by molar-refractivity contribution is 7.99. The zero-order valence-corrected chi connectivity index (χ0v) is 21.0. The van der Waals surface area contributed by atoms with E-state index in [9.17, 15) is 9.59 Å². The number of methoxy groups -OCH3 is 1. The number of nitrogens with zero attached hydrogens (tertiary/aromatic N) is 3. The van der Waals surface area contributed by atoms with E-state index in [0.717, 1.165) is 22.5 Å². The summed E-state index contributed by atoms with van der Waals surface area (Å²) in [4.78, 5) is 36.7. The summed E-state index contributed by atoms with van der Waals surface area (Å²) in [6, 6.07) is 16.2. The van der Waals surface area contributed by atoms with Crippen molar-refractivity contribution in [1.29, 1.82) is 0 Å². The maximum atomic E-state index is 13.3. The number of nitrogens with one attached hydrogen (secondary N) is 1. The van der Waals surface area contributed by atoms with Crippen molar-refractivity contribution in [1.82, 2.24) is 14.9 Å². The number of carbonyl (C=O) groups excluding carboxylic acids is 2. The second kappa shape index (κ2) is 11.7. The van der Waals surface area contributed by atoms with Gasteiger partial charge in [0.25, 0.3) is 0 Å². The fraction of sp³-hybridized carbons (Fsp3) is 0.308. The molecule has 0 spiro atoms. The van der Waals surface area contributed by atoms with Crippen molar-refractivity contribution in [2.24, 2.45) is 0 Å². The number of amides is 2. The van der Waals surface area contributed by atoms with Gasteiger partial charge in [-0.3, -0.25) is 9.59 Å². The molecule has 0 saturated carbocycles. The first-order chi connectivity index (χ1) is 16.2. The van der Waals surface area contributed by atoms with Crippen LogP contribution in [0.2, 0.25) is 0 Å². The number of hydrogen-bond donors (Lipinski definition) is 1. The molecule has 34 heavy (non-hydrogen) atoms. The summed E-state index contributed by atoms with van der Waals surface area (Å²) < 4.78 is 5.17. The van der Waals surface area contributed by atoms with Gasteiger partial charge in [0.15, 0.2) is 5.16 Å². The number of thioether (sulfide) groups is 1. The highest BCUT2D eigenvalue weighted by Crippen LogP contribution is 2.19. The van der Waals surface area contributed by atoms with Gasteiger partial charge in [-0.1, -0.05) is 41.6 Å². The molecule has 3 aromatic rings. The lowest BCUT2D eigenvalue weighted by atomic mass is 10.1. The Hall–Kier alpha value is -3.39. The van der Waals surface area contributed by atoms with Crippen LogP contribution in [0.15, 0.2) is 59.8 Å². The molecule has 0 radical (unpaired) electrons. The average Bonchev–Trinajstić information content (AvgIpc) is 2.81. The van der Waals surface area contributed by atoms with Gasteiger partial charge in [-0.25, -0.2) is 9.97 Å². The number of benzene rings is 2. The Morgan fingerprint density at radius 2 is 1.62 bits per heavy atom. The molecule has 1 heterocycles. The van der Waals surface area contributed by atoms with Gasteiger partial charge in [0, 0.05) is 23.6 Å². The standard InChI is InChI=1S/C26H30N4O3S/c1-17-6-8-21(9-7-17)15-30(24(31)16-34-26-27-18(2)14-19(3)28-26)20(4)25(32)29-22-10-12-23(33-5)13-11-22/h6-14,20H,15-16H2,1-5H3,(H,29,32). The number of rotatable bonds is 9. The van der Waals surface area contributed by atoms with Gasteiger partial charge < -0.3 is 15.0 Å². The first kappa shape index (κ1) is 25.2. The number of aromatic nitrogens is 2. The van der Waals surface area contributed by atoms with E-state index in [1.54, 1.807) is 43.2 Å². The molecule has 7 nitrogen and oxygen atoms in total. The fourth-order valence-corrected chi connectivity index (χ4v) is 4.20. The van der Waals surface area contributed by atoms with E-state index in [1.165, 1.54) is 11.8 Å². The van der Waals surface area contributed by atoms with Crippen LogP contribution in [0.4, 0.5) is 5.69 Å². The quantitative estimate of drug-likeness (QED) is 0.359. The van der Waals surface area contributed by atoms with Crippen molar-refractivity contribution in [2.75, 3.05) is 18.2 Å². The fourth-order valence-electron chi connectivity index (χ4n) is 3.36. The third-order valence-electron chi connectivity index (χ3n) is 5.28. The Morgan fingerprint density at radius 3 is 2.21 bits per heavy atom. The summed E-state index contributed by atoms with van der Waals surface area (Å²) in [5.41, 5.74) is 4.43. The van der Waals surface area contributed by atoms with E-state index in [1.807, 2.05) is 51.1 Å². The molecular weight excluding hydrogens is 448 g/mol. The van der Waals surface area contributed by atoms with Crippen molar-refractivity contribution in [3.63, 3.8) is 0 Å². The van der Waals surface area contributed by atoms with Gasteiger partial charge in [-0.2, -0.15) is 0 Å². The molecular formula is C26H30N4O3S. The van der Waals surface area contributed by atoms with Gasteiger partial charge in [-0.05, 0) is 63.6 Å². The molecule has 1 aromatic heterocycles. The summed E-state index contributed by atoms with van der Waals surface area (Å²) >= 11 is 1.28. The van der Waals surface area contributed by atoms with Gasteiger partial charge in [-0.15, -0.1) is 0 Å². The van der Waals surface area contributed by atoms with Crippen LogP contribution in [0.1, 0.15) is 29.4 Å². The molecule has 2 amide bonds. The van der Waals surface area contributed by atoms with Crippen LogP contribution < -0.4 is 10.1 Å². The van der Waals surface area contributed by atoms with Crippen molar-refractivity contribution in [2.45, 2.75) is 45.4 Å². The maximum Gasteiger partial charge on any atom is 0.246 e. The molecule has 0 aliphatic rings. The summed E-state index contributed by atoms with van der Waals surface area (Å²) in [6.07, 6.45) is 0. The maximum absolute atomic E-state index is 13.3. The first-order valence-electron chi connectivity index (χ1n) is 11.0. The highest BCUT2D eigenvalue weighted by atomic mass is 32.2. The van der Waals surface area contributed by atoms with Gasteiger partial charge in [0.2, 0.25) is 11.8 Å². The van der Waals surface area contributed by atoms with Crippen LogP contribution in [-0.4, -0.2) is 45.6 Å². The first-order valence-corrected chi connectivity index (χ1v) is 12.0. The molecule has 1 N–H and O–H groups in total. The molecule has 8 heteroatoms. The second-order valence-corrected chi connectivity index (χ2v) is 9.07. The van der Waals surface area contributed by atoms with Crippen LogP contribution in [-0.2, 0) is 16.1 Å². The number of hydrogen-bond acceptors (Lipinski definition) is 6. The van der Waals surface area contributed by atoms with Crippen LogP contribution >= 0.6 is 11.8 Å². The zero-order valence-electron chi connectivity index (χ0n) is 20.2. The molecule has 1 unspecified atom stereocenters. The van der Waals surface area contributed by atoms with E-state index < -0.39 is 6.04 Å². The van der Waals surface area contributed by atoms with Crippen LogP contribution in [0.3, 0.4) is 0 Å². The summed E-state index contributed by atoms with van der Waals surface area (Å²) in [5.74, 6) is 0.409. The largest absolute Gasteiger partial charge is 0.497 e. The predicted molar refractivity (Wildman–Crippen MR) is 135 cm³/mol. The van der Waals surface area contributed by atoms with Gasteiger partial charge in [0.1, 0.15) is 11.8 Å². The summed E-state index contributed by atoms with van der Waals surface area (Å²) in [5, 5.41) is 3.44. The van der Waals surface area contributed by atoms with E-state index >= 15 is 0 Å². The van der Waals surface area contributed by atoms with E-state index in [0.29, 0.717) is 23.1 Å². The monoisotopic (exact) mass is 478 g/mol. The Bertz CT molecular complexity index is 1110. The third-order valence-corrected chi connectivity index (χ3v) is 6.12. The van der Waals surface area contributed by atoms with Crippen LogP contribution in [0.5, 0.6) is 5.75 Å². The molecule has 3 rings (SSSR count). The molecule has 0 saturated heterocycles. The molecule has 0 aliphatic heterocycles.